The van der Waals surface area contributed by atoms with E-state index in [0.29, 0.717) is 0 Å². The Labute approximate surface area is 70.6 Å². The van der Waals surface area contributed by atoms with Gasteiger partial charge in [0.1, 0.15) is 0 Å². The van der Waals surface area contributed by atoms with Gasteiger partial charge < -0.3 is 5.32 Å². The van der Waals surface area contributed by atoms with Crippen molar-refractivity contribution < 1.29 is 0 Å². The first-order chi connectivity index (χ1) is 5.33. The molecule has 1 nitrogen and oxygen atoms in total. The lowest BCUT2D eigenvalue weighted by Gasteiger charge is -2.24. The number of nitrogens with one attached hydrogen (secondary N) is 1. The molecule has 11 heavy (non-hydrogen) atoms. The summed E-state index contributed by atoms with van der Waals surface area (Å²) in [5.74, 6) is 0. The molecule has 1 fully saturated rings. The van der Waals surface area contributed by atoms with Crippen molar-refractivity contribution in [3.8, 4) is 0 Å². The van der Waals surface area contributed by atoms with Crippen LogP contribution in [0.4, 0.5) is 0 Å². The Morgan fingerprint density at radius 1 is 1.18 bits per heavy atom. The van der Waals surface area contributed by atoms with E-state index in [1.54, 1.807) is 0 Å². The fraction of sp³-hybridized carbons (Fsp3) is 1.00. The normalized spacial score (nSPS) is 34.4. The van der Waals surface area contributed by atoms with Crippen LogP contribution in [0, 0.1) is 0 Å². The molecule has 0 spiro atoms. The summed E-state index contributed by atoms with van der Waals surface area (Å²) in [5, 5.41) is 3.67. The molecule has 1 saturated heterocycles. The van der Waals surface area contributed by atoms with Gasteiger partial charge in [0, 0.05) is 12.1 Å². The third kappa shape index (κ3) is 3.24. The summed E-state index contributed by atoms with van der Waals surface area (Å²) < 4.78 is 0. The highest BCUT2D eigenvalue weighted by Gasteiger charge is 2.12. The van der Waals surface area contributed by atoms with Crippen LogP contribution < -0.4 is 5.32 Å². The smallest absolute Gasteiger partial charge is 0.00669 e. The predicted octanol–water partition coefficient (Wildman–Crippen LogP) is 2.71. The van der Waals surface area contributed by atoms with Crippen molar-refractivity contribution in [3.63, 3.8) is 0 Å². The fourth-order valence-corrected chi connectivity index (χ4v) is 1.91. The van der Waals surface area contributed by atoms with E-state index < -0.39 is 0 Å². The van der Waals surface area contributed by atoms with Crippen molar-refractivity contribution >= 4 is 0 Å². The summed E-state index contributed by atoms with van der Waals surface area (Å²) in [5.41, 5.74) is 0. The molecule has 0 amide bonds. The molecule has 1 N–H and O–H groups in total. The Hall–Kier alpha value is -0.0400. The molecule has 1 heteroatoms. The topological polar surface area (TPSA) is 12.0 Å². The zero-order valence-corrected chi connectivity index (χ0v) is 7.90. The molecule has 2 atom stereocenters. The monoisotopic (exact) mass is 155 g/mol. The van der Waals surface area contributed by atoms with Crippen molar-refractivity contribution in [1.29, 1.82) is 0 Å². The summed E-state index contributed by atoms with van der Waals surface area (Å²) in [6.45, 7) is 4.60. The number of rotatable bonds is 1. The van der Waals surface area contributed by atoms with Crippen molar-refractivity contribution in [2.24, 2.45) is 0 Å². The third-order valence-electron chi connectivity index (χ3n) is 2.70. The van der Waals surface area contributed by atoms with E-state index in [9.17, 15) is 0 Å². The molecule has 66 valence electrons. The van der Waals surface area contributed by atoms with Gasteiger partial charge in [0.05, 0.1) is 0 Å². The van der Waals surface area contributed by atoms with Gasteiger partial charge in [-0.25, -0.2) is 0 Å². The average Bonchev–Trinajstić information content (AvgIpc) is 1.96. The van der Waals surface area contributed by atoms with Crippen LogP contribution in [-0.2, 0) is 0 Å². The van der Waals surface area contributed by atoms with E-state index in [4.69, 9.17) is 0 Å². The van der Waals surface area contributed by atoms with E-state index in [0.717, 1.165) is 12.1 Å². The van der Waals surface area contributed by atoms with E-state index >= 15 is 0 Å². The van der Waals surface area contributed by atoms with Gasteiger partial charge in [0.25, 0.3) is 0 Å². The first-order valence-corrected chi connectivity index (χ1v) is 5.09. The lowest BCUT2D eigenvalue weighted by molar-refractivity contribution is 0.353. The zero-order valence-electron chi connectivity index (χ0n) is 7.90. The van der Waals surface area contributed by atoms with Gasteiger partial charge in [-0.2, -0.15) is 0 Å². The van der Waals surface area contributed by atoms with Crippen LogP contribution in [0.15, 0.2) is 0 Å². The first kappa shape index (κ1) is 9.05. The van der Waals surface area contributed by atoms with Gasteiger partial charge in [-0.05, 0) is 26.2 Å². The minimum absolute atomic E-state index is 0.750. The van der Waals surface area contributed by atoms with E-state index in [2.05, 4.69) is 19.2 Å². The molecular weight excluding hydrogens is 134 g/mol. The summed E-state index contributed by atoms with van der Waals surface area (Å²) in [4.78, 5) is 0. The Bertz CT molecular complexity index is 101. The van der Waals surface area contributed by atoms with Crippen LogP contribution in [0.1, 0.15) is 52.4 Å². The van der Waals surface area contributed by atoms with E-state index in [-0.39, 0.29) is 0 Å². The van der Waals surface area contributed by atoms with Crippen LogP contribution in [0.25, 0.3) is 0 Å². The molecule has 0 aromatic carbocycles. The summed E-state index contributed by atoms with van der Waals surface area (Å²) in [6, 6.07) is 1.55. The Morgan fingerprint density at radius 3 is 2.64 bits per heavy atom. The standard InChI is InChI=1S/C10H21N/c1-3-10-8-6-4-5-7-9(2)11-10/h9-11H,3-8H2,1-2H3. The molecule has 0 bridgehead atoms. The maximum Gasteiger partial charge on any atom is 0.00669 e. The Kier molecular flexibility index (Phi) is 3.92. The van der Waals surface area contributed by atoms with Crippen molar-refractivity contribution in [2.45, 2.75) is 64.5 Å². The minimum atomic E-state index is 0.750. The van der Waals surface area contributed by atoms with Crippen molar-refractivity contribution in [3.05, 3.63) is 0 Å². The highest BCUT2D eigenvalue weighted by atomic mass is 14.9. The molecule has 1 aliphatic heterocycles. The van der Waals surface area contributed by atoms with Gasteiger partial charge in [-0.1, -0.05) is 26.2 Å². The molecule has 0 aliphatic carbocycles. The second-order valence-corrected chi connectivity index (χ2v) is 3.81. The quantitative estimate of drug-likeness (QED) is 0.614. The van der Waals surface area contributed by atoms with Gasteiger partial charge in [-0.15, -0.1) is 0 Å². The third-order valence-corrected chi connectivity index (χ3v) is 2.70. The second kappa shape index (κ2) is 4.76. The lowest BCUT2D eigenvalue weighted by atomic mass is 9.99. The maximum atomic E-state index is 3.67. The fourth-order valence-electron chi connectivity index (χ4n) is 1.91. The highest BCUT2D eigenvalue weighted by Crippen LogP contribution is 2.14. The Morgan fingerprint density at radius 2 is 1.91 bits per heavy atom. The minimum Gasteiger partial charge on any atom is -0.312 e. The number of hydrogen-bond acceptors (Lipinski definition) is 1. The summed E-state index contributed by atoms with van der Waals surface area (Å²) >= 11 is 0. The molecule has 0 aromatic heterocycles. The van der Waals surface area contributed by atoms with Crippen LogP contribution in [0.3, 0.4) is 0 Å². The maximum absolute atomic E-state index is 3.67. The van der Waals surface area contributed by atoms with Crippen LogP contribution >= 0.6 is 0 Å². The van der Waals surface area contributed by atoms with E-state index in [1.165, 1.54) is 38.5 Å². The number of hydrogen-bond donors (Lipinski definition) is 1. The van der Waals surface area contributed by atoms with Gasteiger partial charge in [0.15, 0.2) is 0 Å². The van der Waals surface area contributed by atoms with Crippen LogP contribution in [0.5, 0.6) is 0 Å². The second-order valence-electron chi connectivity index (χ2n) is 3.81. The van der Waals surface area contributed by atoms with Gasteiger partial charge >= 0.3 is 0 Å². The summed E-state index contributed by atoms with van der Waals surface area (Å²) in [7, 11) is 0. The van der Waals surface area contributed by atoms with Crippen molar-refractivity contribution in [1.82, 2.24) is 5.32 Å². The molecule has 1 heterocycles. The van der Waals surface area contributed by atoms with Crippen molar-refractivity contribution in [2.75, 3.05) is 0 Å². The Balaban J connectivity index is 2.29. The van der Waals surface area contributed by atoms with E-state index in [1.807, 2.05) is 0 Å². The summed E-state index contributed by atoms with van der Waals surface area (Å²) in [6.07, 6.45) is 8.35. The molecule has 0 radical (unpaired) electrons. The van der Waals surface area contributed by atoms with Crippen LogP contribution in [-0.4, -0.2) is 12.1 Å². The molecule has 1 rings (SSSR count). The van der Waals surface area contributed by atoms with Gasteiger partial charge in [0.2, 0.25) is 0 Å². The SMILES string of the molecule is CCC1CCCCCC(C)N1. The molecule has 0 aromatic rings. The molecule has 0 saturated carbocycles. The molecular formula is C10H21N. The molecule has 2 unspecified atom stereocenters. The lowest BCUT2D eigenvalue weighted by Crippen LogP contribution is -2.37. The zero-order chi connectivity index (χ0) is 8.10. The first-order valence-electron chi connectivity index (χ1n) is 5.09. The van der Waals surface area contributed by atoms with Crippen LogP contribution in [0.2, 0.25) is 0 Å². The predicted molar refractivity (Wildman–Crippen MR) is 49.8 cm³/mol. The molecule has 1 aliphatic rings. The highest BCUT2D eigenvalue weighted by molar-refractivity contribution is 4.72. The largest absolute Gasteiger partial charge is 0.312 e. The van der Waals surface area contributed by atoms with Gasteiger partial charge in [-0.3, -0.25) is 0 Å². The average molecular weight is 155 g/mol.